The number of likely N-dealkylation sites (tertiary alicyclic amines) is 1. The van der Waals surface area contributed by atoms with Crippen molar-refractivity contribution in [3.8, 4) is 0 Å². The number of hydrogen-bond donors (Lipinski definition) is 1. The van der Waals surface area contributed by atoms with Gasteiger partial charge in [0.25, 0.3) is 0 Å². The largest absolute Gasteiger partial charge is 0.444 e. The zero-order chi connectivity index (χ0) is 18.9. The van der Waals surface area contributed by atoms with Gasteiger partial charge >= 0.3 is 6.09 Å². The van der Waals surface area contributed by atoms with E-state index in [2.05, 4.69) is 12.2 Å². The first kappa shape index (κ1) is 18.6. The summed E-state index contributed by atoms with van der Waals surface area (Å²) < 4.78 is 19.5. The Morgan fingerprint density at radius 3 is 2.62 bits per heavy atom. The van der Waals surface area contributed by atoms with Gasteiger partial charge in [0.15, 0.2) is 0 Å². The van der Waals surface area contributed by atoms with Crippen LogP contribution in [0.2, 0.25) is 0 Å². The summed E-state index contributed by atoms with van der Waals surface area (Å²) in [7, 11) is 0. The molecular weight excluding hydrogens is 331 g/mol. The number of fused-ring (bicyclic) bond motifs is 1. The highest BCUT2D eigenvalue weighted by Crippen LogP contribution is 2.27. The predicted octanol–water partition coefficient (Wildman–Crippen LogP) is 4.64. The molecule has 5 heteroatoms. The molecule has 0 aromatic heterocycles. The third-order valence-electron chi connectivity index (χ3n) is 4.70. The molecule has 140 valence electrons. The molecule has 1 unspecified atom stereocenters. The molecule has 1 fully saturated rings. The number of carbonyl (C=O) groups excluding carboxylic acids is 1. The van der Waals surface area contributed by atoms with Gasteiger partial charge in [-0.25, -0.2) is 9.18 Å². The lowest BCUT2D eigenvalue weighted by Gasteiger charge is -2.25. The van der Waals surface area contributed by atoms with E-state index in [1.54, 1.807) is 11.0 Å². The Balaban J connectivity index is 1.67. The number of halogens is 1. The first-order valence-electron chi connectivity index (χ1n) is 9.16. The summed E-state index contributed by atoms with van der Waals surface area (Å²) in [6.45, 7) is 9.01. The van der Waals surface area contributed by atoms with Crippen LogP contribution in [-0.2, 0) is 4.74 Å². The quantitative estimate of drug-likeness (QED) is 0.869. The Morgan fingerprint density at radius 1 is 1.23 bits per heavy atom. The number of nitrogens with zero attached hydrogens (tertiary/aromatic N) is 1. The molecule has 0 bridgehead atoms. The third kappa shape index (κ3) is 4.15. The molecular formula is C21H27FN2O2. The summed E-state index contributed by atoms with van der Waals surface area (Å²) in [5.74, 6) is -0.200. The first-order chi connectivity index (χ1) is 12.2. The van der Waals surface area contributed by atoms with Crippen molar-refractivity contribution in [3.63, 3.8) is 0 Å². The zero-order valence-corrected chi connectivity index (χ0v) is 15.9. The van der Waals surface area contributed by atoms with Crippen LogP contribution in [0.3, 0.4) is 0 Å². The number of ether oxygens (including phenoxy) is 1. The molecule has 2 aromatic rings. The van der Waals surface area contributed by atoms with Crippen molar-refractivity contribution in [1.82, 2.24) is 10.2 Å². The molecule has 1 saturated heterocycles. The van der Waals surface area contributed by atoms with Crippen molar-refractivity contribution in [3.05, 3.63) is 47.8 Å². The summed E-state index contributed by atoms with van der Waals surface area (Å²) in [4.78, 5) is 14.0. The fourth-order valence-corrected chi connectivity index (χ4v) is 3.50. The van der Waals surface area contributed by atoms with Gasteiger partial charge in [-0.05, 0) is 51.1 Å². The standard InChI is InChI=1S/C21H27FN2O2/c1-14(16-9-10-19(22)18-8-6-5-7-17(16)18)23-15-11-12-24(13-15)20(25)26-21(2,3)4/h5-10,14-15,23H,11-13H2,1-4H3/t14?,15-/m0/s1. The second kappa shape index (κ2) is 7.23. The van der Waals surface area contributed by atoms with Gasteiger partial charge in [-0.1, -0.05) is 30.3 Å². The van der Waals surface area contributed by atoms with Crippen molar-refractivity contribution in [2.45, 2.75) is 51.8 Å². The summed E-state index contributed by atoms with van der Waals surface area (Å²) in [5.41, 5.74) is 0.584. The molecule has 26 heavy (non-hydrogen) atoms. The second-order valence-corrected chi connectivity index (χ2v) is 7.98. The molecule has 1 aliphatic rings. The van der Waals surface area contributed by atoms with Gasteiger partial charge in [0.2, 0.25) is 0 Å². The van der Waals surface area contributed by atoms with E-state index in [4.69, 9.17) is 4.74 Å². The predicted molar refractivity (Wildman–Crippen MR) is 102 cm³/mol. The maximum Gasteiger partial charge on any atom is 0.410 e. The van der Waals surface area contributed by atoms with Crippen LogP contribution in [0, 0.1) is 5.82 Å². The Hall–Kier alpha value is -2.14. The normalized spacial score (nSPS) is 19.0. The Bertz CT molecular complexity index is 800. The molecule has 1 aliphatic heterocycles. The number of benzene rings is 2. The number of nitrogens with one attached hydrogen (secondary N) is 1. The summed E-state index contributed by atoms with van der Waals surface area (Å²) in [6, 6.07) is 11.2. The lowest BCUT2D eigenvalue weighted by Crippen LogP contribution is -2.39. The molecule has 4 nitrogen and oxygen atoms in total. The molecule has 1 heterocycles. The van der Waals surface area contributed by atoms with Crippen LogP contribution < -0.4 is 5.32 Å². The van der Waals surface area contributed by atoms with E-state index < -0.39 is 5.60 Å². The van der Waals surface area contributed by atoms with E-state index in [0.717, 1.165) is 17.4 Å². The van der Waals surface area contributed by atoms with Crippen LogP contribution in [0.1, 0.15) is 45.7 Å². The average Bonchev–Trinajstić information content (AvgIpc) is 3.02. The molecule has 3 rings (SSSR count). The van der Waals surface area contributed by atoms with Crippen LogP contribution in [0.4, 0.5) is 9.18 Å². The van der Waals surface area contributed by atoms with E-state index in [0.29, 0.717) is 18.5 Å². The fraction of sp³-hybridized carbons (Fsp3) is 0.476. The second-order valence-electron chi connectivity index (χ2n) is 7.98. The number of carbonyl (C=O) groups is 1. The highest BCUT2D eigenvalue weighted by atomic mass is 19.1. The average molecular weight is 358 g/mol. The Kier molecular flexibility index (Phi) is 5.19. The zero-order valence-electron chi connectivity index (χ0n) is 15.9. The minimum atomic E-state index is -0.483. The van der Waals surface area contributed by atoms with Crippen LogP contribution in [0.5, 0.6) is 0 Å². The lowest BCUT2D eigenvalue weighted by molar-refractivity contribution is 0.0290. The third-order valence-corrected chi connectivity index (χ3v) is 4.70. The van der Waals surface area contributed by atoms with Gasteiger partial charge in [-0.2, -0.15) is 0 Å². The summed E-state index contributed by atoms with van der Waals surface area (Å²) >= 11 is 0. The van der Waals surface area contributed by atoms with Gasteiger partial charge in [0.1, 0.15) is 11.4 Å². The highest BCUT2D eigenvalue weighted by molar-refractivity contribution is 5.86. The molecule has 0 spiro atoms. The van der Waals surface area contributed by atoms with Crippen LogP contribution >= 0.6 is 0 Å². The number of rotatable bonds is 3. The fourth-order valence-electron chi connectivity index (χ4n) is 3.50. The van der Waals surface area contributed by atoms with Crippen molar-refractivity contribution in [2.24, 2.45) is 0 Å². The van der Waals surface area contributed by atoms with Crippen LogP contribution in [0.15, 0.2) is 36.4 Å². The van der Waals surface area contributed by atoms with E-state index in [1.807, 2.05) is 45.0 Å². The SMILES string of the molecule is CC(N[C@H]1CCN(C(=O)OC(C)(C)C)C1)c1ccc(F)c2ccccc12. The van der Waals surface area contributed by atoms with E-state index in [9.17, 15) is 9.18 Å². The van der Waals surface area contributed by atoms with Gasteiger partial charge in [-0.3, -0.25) is 0 Å². The van der Waals surface area contributed by atoms with Gasteiger partial charge in [0, 0.05) is 30.6 Å². The van der Waals surface area contributed by atoms with Gasteiger partial charge in [-0.15, -0.1) is 0 Å². The lowest BCUT2D eigenvalue weighted by atomic mass is 9.98. The van der Waals surface area contributed by atoms with Crippen molar-refractivity contribution >= 4 is 16.9 Å². The van der Waals surface area contributed by atoms with Crippen molar-refractivity contribution in [2.75, 3.05) is 13.1 Å². The molecule has 0 saturated carbocycles. The van der Waals surface area contributed by atoms with Crippen LogP contribution in [0.25, 0.3) is 10.8 Å². The molecule has 2 atom stereocenters. The van der Waals surface area contributed by atoms with Crippen molar-refractivity contribution < 1.29 is 13.9 Å². The summed E-state index contributed by atoms with van der Waals surface area (Å²) in [5, 5.41) is 5.15. The molecule has 1 amide bonds. The van der Waals surface area contributed by atoms with Gasteiger partial charge < -0.3 is 15.0 Å². The monoisotopic (exact) mass is 358 g/mol. The molecule has 0 radical (unpaired) electrons. The Labute approximate surface area is 154 Å². The minimum Gasteiger partial charge on any atom is -0.444 e. The molecule has 1 N–H and O–H groups in total. The van der Waals surface area contributed by atoms with Gasteiger partial charge in [0.05, 0.1) is 0 Å². The van der Waals surface area contributed by atoms with E-state index >= 15 is 0 Å². The number of hydrogen-bond acceptors (Lipinski definition) is 3. The van der Waals surface area contributed by atoms with Crippen LogP contribution in [-0.4, -0.2) is 35.7 Å². The molecule has 2 aromatic carbocycles. The summed E-state index contributed by atoms with van der Waals surface area (Å²) in [6.07, 6.45) is 0.615. The minimum absolute atomic E-state index is 0.0593. The van der Waals surface area contributed by atoms with E-state index in [-0.39, 0.29) is 24.0 Å². The van der Waals surface area contributed by atoms with Crippen molar-refractivity contribution in [1.29, 1.82) is 0 Å². The first-order valence-corrected chi connectivity index (χ1v) is 9.16. The number of amides is 1. The topological polar surface area (TPSA) is 41.6 Å². The smallest absolute Gasteiger partial charge is 0.410 e. The Morgan fingerprint density at radius 2 is 1.92 bits per heavy atom. The van der Waals surface area contributed by atoms with E-state index in [1.165, 1.54) is 6.07 Å². The highest BCUT2D eigenvalue weighted by Gasteiger charge is 2.30. The maximum absolute atomic E-state index is 14.0. The molecule has 0 aliphatic carbocycles. The maximum atomic E-state index is 14.0.